The molecule has 2 unspecified atom stereocenters. The maximum absolute atomic E-state index is 6.50. The van der Waals surface area contributed by atoms with Crippen molar-refractivity contribution in [3.8, 4) is 0 Å². The highest BCUT2D eigenvalue weighted by molar-refractivity contribution is 6.33. The zero-order chi connectivity index (χ0) is 15.2. The Bertz CT molecular complexity index is 442. The van der Waals surface area contributed by atoms with Crippen molar-refractivity contribution in [3.05, 3.63) is 28.8 Å². The fraction of sp³-hybridized carbons (Fsp3) is 0.647. The number of anilines is 1. The quantitative estimate of drug-likeness (QED) is 0.813. The molecule has 0 saturated carbocycles. The van der Waals surface area contributed by atoms with Gasteiger partial charge in [-0.15, -0.1) is 0 Å². The molecule has 1 aliphatic rings. The third-order valence-corrected chi connectivity index (χ3v) is 4.36. The van der Waals surface area contributed by atoms with Crippen molar-refractivity contribution in [3.63, 3.8) is 0 Å². The molecule has 1 aromatic rings. The second-order valence-corrected chi connectivity index (χ2v) is 6.68. The number of rotatable bonds is 6. The van der Waals surface area contributed by atoms with Crippen molar-refractivity contribution in [2.45, 2.75) is 26.8 Å². The average Bonchev–Trinajstić information content (AvgIpc) is 2.42. The van der Waals surface area contributed by atoms with Crippen molar-refractivity contribution in [2.75, 3.05) is 38.3 Å². The van der Waals surface area contributed by atoms with Crippen molar-refractivity contribution < 1.29 is 4.74 Å². The van der Waals surface area contributed by atoms with Crippen molar-refractivity contribution in [1.82, 2.24) is 5.32 Å². The van der Waals surface area contributed by atoms with E-state index in [1.165, 1.54) is 17.7 Å². The molecular formula is C17H27ClN2O. The van der Waals surface area contributed by atoms with Crippen LogP contribution in [-0.4, -0.2) is 33.4 Å². The minimum absolute atomic E-state index is 0.722. The van der Waals surface area contributed by atoms with Gasteiger partial charge in [-0.25, -0.2) is 0 Å². The third kappa shape index (κ3) is 4.60. The standard InChI is InChI=1S/C17H27ClN2O/c1-13-9-14(2)12-20(11-13)17-15(5-4-6-16(17)18)10-19-7-8-21-3/h4-6,13-14,19H,7-12H2,1-3H3. The number of halogens is 1. The summed E-state index contributed by atoms with van der Waals surface area (Å²) in [6.07, 6.45) is 1.31. The number of nitrogens with zero attached hydrogens (tertiary/aromatic N) is 1. The molecule has 4 heteroatoms. The van der Waals surface area contributed by atoms with Crippen molar-refractivity contribution in [1.29, 1.82) is 0 Å². The van der Waals surface area contributed by atoms with Crippen LogP contribution in [0.15, 0.2) is 18.2 Å². The molecule has 0 radical (unpaired) electrons. The van der Waals surface area contributed by atoms with Crippen LogP contribution in [0.1, 0.15) is 25.8 Å². The van der Waals surface area contributed by atoms with Crippen LogP contribution in [0, 0.1) is 11.8 Å². The topological polar surface area (TPSA) is 24.5 Å². The summed E-state index contributed by atoms with van der Waals surface area (Å²) in [7, 11) is 1.73. The first-order valence-electron chi connectivity index (χ1n) is 7.83. The van der Waals surface area contributed by atoms with Crippen LogP contribution in [0.25, 0.3) is 0 Å². The summed E-state index contributed by atoms with van der Waals surface area (Å²) in [6.45, 7) is 9.27. The summed E-state index contributed by atoms with van der Waals surface area (Å²) in [6, 6.07) is 6.21. The van der Waals surface area contributed by atoms with Gasteiger partial charge >= 0.3 is 0 Å². The summed E-state index contributed by atoms with van der Waals surface area (Å²) in [4.78, 5) is 2.47. The van der Waals surface area contributed by atoms with Crippen molar-refractivity contribution >= 4 is 17.3 Å². The molecule has 1 fully saturated rings. The van der Waals surface area contributed by atoms with Crippen LogP contribution in [0.4, 0.5) is 5.69 Å². The molecule has 0 bridgehead atoms. The molecule has 2 atom stereocenters. The van der Waals surface area contributed by atoms with Gasteiger partial charge in [0.15, 0.2) is 0 Å². The molecule has 1 aromatic carbocycles. The number of nitrogens with one attached hydrogen (secondary N) is 1. The highest BCUT2D eigenvalue weighted by Gasteiger charge is 2.24. The van der Waals surface area contributed by atoms with Crippen LogP contribution in [0.3, 0.4) is 0 Å². The molecule has 1 heterocycles. The van der Waals surface area contributed by atoms with Gasteiger partial charge in [-0.3, -0.25) is 0 Å². The van der Waals surface area contributed by atoms with Gasteiger partial charge < -0.3 is 15.0 Å². The van der Waals surface area contributed by atoms with E-state index >= 15 is 0 Å². The van der Waals surface area contributed by atoms with E-state index in [2.05, 4.69) is 30.1 Å². The SMILES string of the molecule is COCCNCc1cccc(Cl)c1N1CC(C)CC(C)C1. The predicted molar refractivity (Wildman–Crippen MR) is 90.2 cm³/mol. The Hall–Kier alpha value is -0.770. The zero-order valence-corrected chi connectivity index (χ0v) is 14.1. The lowest BCUT2D eigenvalue weighted by Crippen LogP contribution is -2.39. The lowest BCUT2D eigenvalue weighted by molar-refractivity contribution is 0.199. The molecule has 21 heavy (non-hydrogen) atoms. The normalized spacial score (nSPS) is 22.6. The minimum atomic E-state index is 0.722. The van der Waals surface area contributed by atoms with Crippen LogP contribution < -0.4 is 10.2 Å². The largest absolute Gasteiger partial charge is 0.383 e. The van der Waals surface area contributed by atoms with E-state index in [0.717, 1.165) is 49.6 Å². The smallest absolute Gasteiger partial charge is 0.0642 e. The molecule has 0 amide bonds. The summed E-state index contributed by atoms with van der Waals surface area (Å²) in [5, 5.41) is 4.28. The molecule has 118 valence electrons. The molecule has 1 aliphatic heterocycles. The molecule has 0 aliphatic carbocycles. The van der Waals surface area contributed by atoms with Gasteiger partial charge in [0.05, 0.1) is 17.3 Å². The Kier molecular flexibility index (Phi) is 6.34. The monoisotopic (exact) mass is 310 g/mol. The molecule has 1 N–H and O–H groups in total. The fourth-order valence-electron chi connectivity index (χ4n) is 3.30. The Labute approximate surface area is 133 Å². The van der Waals surface area contributed by atoms with Gasteiger partial charge in [-0.2, -0.15) is 0 Å². The van der Waals surface area contributed by atoms with Crippen molar-refractivity contribution in [2.24, 2.45) is 11.8 Å². The summed E-state index contributed by atoms with van der Waals surface area (Å²) in [5.74, 6) is 1.44. The molecule has 3 nitrogen and oxygen atoms in total. The second kappa shape index (κ2) is 8.02. The van der Waals surface area contributed by atoms with Gasteiger partial charge in [0.25, 0.3) is 0 Å². The van der Waals surface area contributed by atoms with E-state index in [4.69, 9.17) is 16.3 Å². The van der Waals surface area contributed by atoms with Gasteiger partial charge in [-0.1, -0.05) is 37.6 Å². The Morgan fingerprint density at radius 2 is 2.00 bits per heavy atom. The average molecular weight is 311 g/mol. The Morgan fingerprint density at radius 1 is 1.29 bits per heavy atom. The molecule has 1 saturated heterocycles. The number of piperidine rings is 1. The number of benzene rings is 1. The molecule has 0 aromatic heterocycles. The number of hydrogen-bond acceptors (Lipinski definition) is 3. The Morgan fingerprint density at radius 3 is 2.67 bits per heavy atom. The number of para-hydroxylation sites is 1. The van der Waals surface area contributed by atoms with Gasteiger partial charge in [0, 0.05) is 33.3 Å². The molecule has 2 rings (SSSR count). The van der Waals surface area contributed by atoms with Crippen LogP contribution in [0.2, 0.25) is 5.02 Å². The van der Waals surface area contributed by atoms with Crippen LogP contribution in [-0.2, 0) is 11.3 Å². The fourth-order valence-corrected chi connectivity index (χ4v) is 3.61. The van der Waals surface area contributed by atoms with E-state index in [9.17, 15) is 0 Å². The summed E-state index contributed by atoms with van der Waals surface area (Å²) in [5.41, 5.74) is 2.49. The lowest BCUT2D eigenvalue weighted by atomic mass is 9.91. The number of hydrogen-bond donors (Lipinski definition) is 1. The lowest BCUT2D eigenvalue weighted by Gasteiger charge is -2.38. The maximum atomic E-state index is 6.50. The maximum Gasteiger partial charge on any atom is 0.0642 e. The summed E-state index contributed by atoms with van der Waals surface area (Å²) < 4.78 is 5.08. The molecular weight excluding hydrogens is 284 g/mol. The first-order chi connectivity index (χ1) is 10.1. The first-order valence-corrected chi connectivity index (χ1v) is 8.21. The zero-order valence-electron chi connectivity index (χ0n) is 13.4. The second-order valence-electron chi connectivity index (χ2n) is 6.27. The van der Waals surface area contributed by atoms with E-state index in [1.54, 1.807) is 7.11 Å². The highest BCUT2D eigenvalue weighted by atomic mass is 35.5. The van der Waals surface area contributed by atoms with E-state index in [-0.39, 0.29) is 0 Å². The van der Waals surface area contributed by atoms with Crippen LogP contribution >= 0.6 is 11.6 Å². The predicted octanol–water partition coefficient (Wildman–Crippen LogP) is 3.56. The number of ether oxygens (including phenoxy) is 1. The third-order valence-electron chi connectivity index (χ3n) is 4.05. The minimum Gasteiger partial charge on any atom is -0.383 e. The first kappa shape index (κ1) is 16.6. The Balaban J connectivity index is 2.13. The van der Waals surface area contributed by atoms with E-state index in [0.29, 0.717) is 0 Å². The molecule has 0 spiro atoms. The van der Waals surface area contributed by atoms with Gasteiger partial charge in [-0.05, 0) is 29.9 Å². The van der Waals surface area contributed by atoms with Gasteiger partial charge in [0.1, 0.15) is 0 Å². The summed E-state index contributed by atoms with van der Waals surface area (Å²) >= 11 is 6.50. The number of methoxy groups -OCH3 is 1. The highest BCUT2D eigenvalue weighted by Crippen LogP contribution is 2.34. The van der Waals surface area contributed by atoms with E-state index < -0.39 is 0 Å². The van der Waals surface area contributed by atoms with E-state index in [1.807, 2.05) is 12.1 Å². The van der Waals surface area contributed by atoms with Crippen LogP contribution in [0.5, 0.6) is 0 Å². The van der Waals surface area contributed by atoms with Gasteiger partial charge in [0.2, 0.25) is 0 Å².